The third kappa shape index (κ3) is 2.73. The van der Waals surface area contributed by atoms with Gasteiger partial charge in [-0.15, -0.1) is 0 Å². The first kappa shape index (κ1) is 12.7. The lowest BCUT2D eigenvalue weighted by atomic mass is 9.84. The lowest BCUT2D eigenvalue weighted by Gasteiger charge is -2.34. The van der Waals surface area contributed by atoms with E-state index in [1.807, 2.05) is 0 Å². The van der Waals surface area contributed by atoms with Crippen LogP contribution in [0.4, 0.5) is 13.2 Å². The van der Waals surface area contributed by atoms with Crippen molar-refractivity contribution in [2.24, 2.45) is 11.7 Å². The maximum Gasteiger partial charge on any atom is 0.393 e. The van der Waals surface area contributed by atoms with E-state index in [1.54, 1.807) is 0 Å². The number of amides is 1. The lowest BCUT2D eigenvalue weighted by molar-refractivity contribution is -0.189. The third-order valence-electron chi connectivity index (χ3n) is 3.74. The number of rotatable bonds is 2. The van der Waals surface area contributed by atoms with Crippen LogP contribution in [0.3, 0.4) is 0 Å². The number of hydrogen-bond acceptors (Lipinski definition) is 2. The topological polar surface area (TPSA) is 55.1 Å². The Morgan fingerprint density at radius 2 is 1.82 bits per heavy atom. The monoisotopic (exact) mass is 250 g/mol. The van der Waals surface area contributed by atoms with E-state index in [2.05, 4.69) is 5.32 Å². The molecule has 3 N–H and O–H groups in total. The molecule has 2 aliphatic rings. The fourth-order valence-corrected chi connectivity index (χ4v) is 2.37. The molecule has 0 aliphatic heterocycles. The molecule has 0 spiro atoms. The highest BCUT2D eigenvalue weighted by Gasteiger charge is 2.50. The van der Waals surface area contributed by atoms with Gasteiger partial charge in [0, 0.05) is 6.04 Å². The van der Waals surface area contributed by atoms with Gasteiger partial charge in [-0.25, -0.2) is 0 Å². The smallest absolute Gasteiger partial charge is 0.351 e. The Hall–Kier alpha value is -0.780. The van der Waals surface area contributed by atoms with Gasteiger partial charge in [-0.05, 0) is 25.7 Å². The molecule has 0 aromatic carbocycles. The zero-order chi connectivity index (χ0) is 12.7. The maximum absolute atomic E-state index is 12.8. The summed E-state index contributed by atoms with van der Waals surface area (Å²) in [4.78, 5) is 11.7. The van der Waals surface area contributed by atoms with Crippen molar-refractivity contribution in [3.63, 3.8) is 0 Å². The number of nitrogens with two attached hydrogens (primary N) is 1. The van der Waals surface area contributed by atoms with Crippen molar-refractivity contribution >= 4 is 5.91 Å². The summed E-state index contributed by atoms with van der Waals surface area (Å²) in [7, 11) is 0. The second-order valence-corrected chi connectivity index (χ2v) is 5.17. The third-order valence-corrected chi connectivity index (χ3v) is 3.74. The Kier molecular flexibility index (Phi) is 3.10. The predicted molar refractivity (Wildman–Crippen MR) is 56.1 cm³/mol. The summed E-state index contributed by atoms with van der Waals surface area (Å²) in [5.41, 5.74) is 4.77. The average Bonchev–Trinajstić information content (AvgIpc) is 2.97. The molecular formula is C11H17F3N2O. The first-order valence-corrected chi connectivity index (χ1v) is 5.99. The Balaban J connectivity index is 1.99. The van der Waals surface area contributed by atoms with Crippen LogP contribution in [0.2, 0.25) is 0 Å². The second-order valence-electron chi connectivity index (χ2n) is 5.17. The molecule has 2 saturated carbocycles. The van der Waals surface area contributed by atoms with E-state index in [9.17, 15) is 18.0 Å². The van der Waals surface area contributed by atoms with E-state index >= 15 is 0 Å². The molecule has 98 valence electrons. The zero-order valence-electron chi connectivity index (χ0n) is 9.52. The second kappa shape index (κ2) is 4.15. The predicted octanol–water partition coefficient (Wildman–Crippen LogP) is 1.71. The van der Waals surface area contributed by atoms with Crippen molar-refractivity contribution < 1.29 is 18.0 Å². The number of nitrogens with one attached hydrogen (secondary N) is 1. The average molecular weight is 250 g/mol. The number of alkyl halides is 3. The van der Waals surface area contributed by atoms with Gasteiger partial charge in [-0.3, -0.25) is 4.79 Å². The summed E-state index contributed by atoms with van der Waals surface area (Å²) in [5.74, 6) is -1.83. The maximum atomic E-state index is 12.8. The van der Waals surface area contributed by atoms with Gasteiger partial charge >= 0.3 is 6.18 Å². The van der Waals surface area contributed by atoms with Crippen LogP contribution >= 0.6 is 0 Å². The van der Waals surface area contributed by atoms with Gasteiger partial charge in [0.1, 0.15) is 0 Å². The minimum Gasteiger partial charge on any atom is -0.351 e. The van der Waals surface area contributed by atoms with Crippen LogP contribution in [0.1, 0.15) is 38.5 Å². The number of hydrogen-bond donors (Lipinski definition) is 2. The molecule has 1 amide bonds. The molecule has 0 saturated heterocycles. The molecule has 0 aromatic rings. The lowest BCUT2D eigenvalue weighted by Crippen LogP contribution is -2.53. The molecule has 2 unspecified atom stereocenters. The highest BCUT2D eigenvalue weighted by atomic mass is 19.4. The van der Waals surface area contributed by atoms with Crippen molar-refractivity contribution in [1.82, 2.24) is 5.32 Å². The molecule has 17 heavy (non-hydrogen) atoms. The molecule has 0 bridgehead atoms. The Morgan fingerprint density at radius 1 is 1.24 bits per heavy atom. The van der Waals surface area contributed by atoms with Crippen molar-refractivity contribution in [2.45, 2.75) is 56.3 Å². The zero-order valence-corrected chi connectivity index (χ0v) is 9.52. The molecule has 3 nitrogen and oxygen atoms in total. The van der Waals surface area contributed by atoms with Gasteiger partial charge < -0.3 is 11.1 Å². The molecule has 2 aliphatic carbocycles. The van der Waals surface area contributed by atoms with E-state index in [-0.39, 0.29) is 6.42 Å². The Morgan fingerprint density at radius 3 is 2.35 bits per heavy atom. The van der Waals surface area contributed by atoms with Gasteiger partial charge in [0.05, 0.1) is 11.5 Å². The minimum absolute atomic E-state index is 0.103. The van der Waals surface area contributed by atoms with Crippen LogP contribution in [0.5, 0.6) is 0 Å². The van der Waals surface area contributed by atoms with Gasteiger partial charge in [-0.1, -0.05) is 12.8 Å². The molecule has 6 heteroatoms. The summed E-state index contributed by atoms with van der Waals surface area (Å²) >= 11 is 0. The van der Waals surface area contributed by atoms with E-state index in [0.29, 0.717) is 25.7 Å². The molecule has 0 radical (unpaired) electrons. The molecule has 2 atom stereocenters. The van der Waals surface area contributed by atoms with Crippen LogP contribution in [-0.4, -0.2) is 23.7 Å². The molecule has 0 aromatic heterocycles. The van der Waals surface area contributed by atoms with Crippen molar-refractivity contribution in [2.75, 3.05) is 0 Å². The summed E-state index contributed by atoms with van der Waals surface area (Å²) in [6, 6.07) is -0.794. The summed E-state index contributed by atoms with van der Waals surface area (Å²) < 4.78 is 38.3. The SMILES string of the molecule is NC1(C(=O)NC2CCCCC2C(F)(F)F)CC1. The van der Waals surface area contributed by atoms with E-state index in [0.717, 1.165) is 6.42 Å². The molecule has 0 heterocycles. The van der Waals surface area contributed by atoms with Gasteiger partial charge in [0.15, 0.2) is 0 Å². The minimum atomic E-state index is -4.23. The molecule has 2 rings (SSSR count). The van der Waals surface area contributed by atoms with Crippen molar-refractivity contribution in [1.29, 1.82) is 0 Å². The summed E-state index contributed by atoms with van der Waals surface area (Å²) in [6.07, 6.45) is -1.29. The largest absolute Gasteiger partial charge is 0.393 e. The van der Waals surface area contributed by atoms with Crippen molar-refractivity contribution in [3.8, 4) is 0 Å². The van der Waals surface area contributed by atoms with Gasteiger partial charge in [0.2, 0.25) is 5.91 Å². The first-order chi connectivity index (χ1) is 7.83. The standard InChI is InChI=1S/C11H17F3N2O/c12-11(13,14)7-3-1-2-4-8(7)16-9(17)10(15)5-6-10/h7-8H,1-6,15H2,(H,16,17). The fraction of sp³-hybridized carbons (Fsp3) is 0.909. The van der Waals surface area contributed by atoms with Gasteiger partial charge in [0.25, 0.3) is 0 Å². The quantitative estimate of drug-likeness (QED) is 0.784. The van der Waals surface area contributed by atoms with Crippen LogP contribution < -0.4 is 11.1 Å². The highest BCUT2D eigenvalue weighted by molar-refractivity contribution is 5.89. The van der Waals surface area contributed by atoms with Crippen LogP contribution in [0.15, 0.2) is 0 Å². The van der Waals surface area contributed by atoms with E-state index in [4.69, 9.17) is 5.73 Å². The summed E-state index contributed by atoms with van der Waals surface area (Å²) in [5, 5.41) is 2.49. The van der Waals surface area contributed by atoms with Crippen LogP contribution in [0, 0.1) is 5.92 Å². The van der Waals surface area contributed by atoms with Gasteiger partial charge in [-0.2, -0.15) is 13.2 Å². The Labute approximate surface area is 97.9 Å². The molecule has 2 fully saturated rings. The first-order valence-electron chi connectivity index (χ1n) is 5.99. The number of halogens is 3. The fourth-order valence-electron chi connectivity index (χ4n) is 2.37. The van der Waals surface area contributed by atoms with E-state index in [1.165, 1.54) is 0 Å². The van der Waals surface area contributed by atoms with Crippen LogP contribution in [0.25, 0.3) is 0 Å². The molecular weight excluding hydrogens is 233 g/mol. The normalized spacial score (nSPS) is 32.0. The Bertz CT molecular complexity index is 312. The number of carbonyl (C=O) groups excluding carboxylic acids is 1. The highest BCUT2D eigenvalue weighted by Crippen LogP contribution is 2.39. The van der Waals surface area contributed by atoms with Crippen LogP contribution in [-0.2, 0) is 4.79 Å². The summed E-state index contributed by atoms with van der Waals surface area (Å²) in [6.45, 7) is 0. The van der Waals surface area contributed by atoms with E-state index < -0.39 is 29.6 Å². The van der Waals surface area contributed by atoms with Crippen molar-refractivity contribution in [3.05, 3.63) is 0 Å². The number of carbonyl (C=O) groups is 1.